The Morgan fingerprint density at radius 2 is 1.37 bits per heavy atom. The molecule has 19 heavy (non-hydrogen) atoms. The molecule has 0 amide bonds. The van der Waals surface area contributed by atoms with E-state index in [-0.39, 0.29) is 5.78 Å². The Bertz CT molecular complexity index is 442. The Labute approximate surface area is 118 Å². The Kier molecular flexibility index (Phi) is 8.52. The van der Waals surface area contributed by atoms with Crippen molar-refractivity contribution in [3.63, 3.8) is 0 Å². The number of rotatable bonds is 6. The van der Waals surface area contributed by atoms with E-state index in [1.54, 1.807) is 6.08 Å². The third kappa shape index (κ3) is 10.0. The van der Waals surface area contributed by atoms with Gasteiger partial charge in [0.25, 0.3) is 0 Å². The van der Waals surface area contributed by atoms with Crippen LogP contribution in [0.4, 0.5) is 0 Å². The highest BCUT2D eigenvalue weighted by Crippen LogP contribution is 2.09. The van der Waals surface area contributed by atoms with Crippen LogP contribution in [0, 0.1) is 0 Å². The lowest BCUT2D eigenvalue weighted by molar-refractivity contribution is -0.111. The Morgan fingerprint density at radius 3 is 1.84 bits per heavy atom. The van der Waals surface area contributed by atoms with E-state index in [0.717, 1.165) is 5.57 Å². The van der Waals surface area contributed by atoms with Gasteiger partial charge in [-0.3, -0.25) is 4.79 Å². The van der Waals surface area contributed by atoms with Gasteiger partial charge in [0.15, 0.2) is 5.78 Å². The summed E-state index contributed by atoms with van der Waals surface area (Å²) in [4.78, 5) is 12.1. The van der Waals surface area contributed by atoms with Gasteiger partial charge in [0.2, 0.25) is 0 Å². The minimum absolute atomic E-state index is 0.0764. The molecule has 0 heterocycles. The predicted molar refractivity (Wildman–Crippen MR) is 85.1 cm³/mol. The molecule has 104 valence electrons. The number of hydrogen-bond acceptors (Lipinski definition) is 1. The van der Waals surface area contributed by atoms with Crippen molar-refractivity contribution in [3.8, 4) is 0 Å². The molecule has 0 aliphatic rings. The molecule has 1 nitrogen and oxygen atoms in total. The number of ketones is 1. The van der Waals surface area contributed by atoms with Crippen molar-refractivity contribution in [1.29, 1.82) is 0 Å². The largest absolute Gasteiger partial charge is 0.290 e. The molecule has 0 aromatic rings. The monoisotopic (exact) mass is 258 g/mol. The zero-order valence-corrected chi connectivity index (χ0v) is 13.1. The summed E-state index contributed by atoms with van der Waals surface area (Å²) in [7, 11) is 0. The number of carbonyl (C=O) groups is 1. The molecule has 0 atom stereocenters. The summed E-state index contributed by atoms with van der Waals surface area (Å²) < 4.78 is 0. The SMILES string of the molecule is CC(C)=CC=CC(=O)C(=CC=C(C)C)CC=C(C)C. The summed E-state index contributed by atoms with van der Waals surface area (Å²) in [5.74, 6) is 0.0764. The van der Waals surface area contributed by atoms with E-state index < -0.39 is 0 Å². The molecular formula is C18H26O. The zero-order chi connectivity index (χ0) is 14.8. The van der Waals surface area contributed by atoms with Gasteiger partial charge in [0.05, 0.1) is 0 Å². The van der Waals surface area contributed by atoms with Crippen LogP contribution in [0.3, 0.4) is 0 Å². The lowest BCUT2D eigenvalue weighted by Crippen LogP contribution is -1.97. The molecule has 0 saturated carbocycles. The van der Waals surface area contributed by atoms with E-state index >= 15 is 0 Å². The summed E-state index contributed by atoms with van der Waals surface area (Å²) in [6.45, 7) is 12.2. The Morgan fingerprint density at radius 1 is 0.789 bits per heavy atom. The van der Waals surface area contributed by atoms with Crippen LogP contribution in [0.5, 0.6) is 0 Å². The standard InChI is InChI=1S/C18H26O/c1-14(2)8-7-9-18(19)17(12-10-15(3)4)13-11-16(5)6/h7-12H,13H2,1-6H3. The van der Waals surface area contributed by atoms with Crippen LogP contribution in [0.1, 0.15) is 48.0 Å². The van der Waals surface area contributed by atoms with Gasteiger partial charge in [-0.05, 0) is 54.0 Å². The highest BCUT2D eigenvalue weighted by Gasteiger charge is 2.03. The van der Waals surface area contributed by atoms with Gasteiger partial charge in [-0.2, -0.15) is 0 Å². The summed E-state index contributed by atoms with van der Waals surface area (Å²) in [5, 5.41) is 0. The van der Waals surface area contributed by atoms with Gasteiger partial charge in [-0.25, -0.2) is 0 Å². The summed E-state index contributed by atoms with van der Waals surface area (Å²) in [6.07, 6.45) is 12.1. The maximum Gasteiger partial charge on any atom is 0.182 e. The minimum atomic E-state index is 0.0764. The van der Waals surface area contributed by atoms with Gasteiger partial charge < -0.3 is 0 Å². The van der Waals surface area contributed by atoms with E-state index in [1.165, 1.54) is 16.7 Å². The highest BCUT2D eigenvalue weighted by molar-refractivity contribution is 6.04. The lowest BCUT2D eigenvalue weighted by Gasteiger charge is -2.00. The molecule has 0 aromatic carbocycles. The summed E-state index contributed by atoms with van der Waals surface area (Å²) >= 11 is 0. The van der Waals surface area contributed by atoms with Crippen molar-refractivity contribution < 1.29 is 4.79 Å². The van der Waals surface area contributed by atoms with Crippen LogP contribution < -0.4 is 0 Å². The van der Waals surface area contributed by atoms with E-state index in [2.05, 4.69) is 6.08 Å². The Balaban J connectivity index is 5.03. The fraction of sp³-hybridized carbons (Fsp3) is 0.389. The molecule has 0 unspecified atom stereocenters. The first-order valence-corrected chi connectivity index (χ1v) is 6.66. The average Bonchev–Trinajstić information content (AvgIpc) is 2.27. The fourth-order valence-electron chi connectivity index (χ4n) is 1.27. The first-order valence-electron chi connectivity index (χ1n) is 6.66. The fourth-order valence-corrected chi connectivity index (χ4v) is 1.27. The first kappa shape index (κ1) is 17.4. The average molecular weight is 258 g/mol. The van der Waals surface area contributed by atoms with Crippen molar-refractivity contribution in [2.45, 2.75) is 48.0 Å². The predicted octanol–water partition coefficient (Wildman–Crippen LogP) is 5.33. The molecule has 0 N–H and O–H groups in total. The van der Waals surface area contributed by atoms with Crippen LogP contribution in [0.2, 0.25) is 0 Å². The van der Waals surface area contributed by atoms with E-state index in [4.69, 9.17) is 0 Å². The van der Waals surface area contributed by atoms with Gasteiger partial charge >= 0.3 is 0 Å². The molecule has 0 aliphatic heterocycles. The smallest absolute Gasteiger partial charge is 0.182 e. The zero-order valence-electron chi connectivity index (χ0n) is 13.1. The lowest BCUT2D eigenvalue weighted by atomic mass is 10.0. The molecule has 0 saturated heterocycles. The number of hydrogen-bond donors (Lipinski definition) is 0. The molecule has 0 bridgehead atoms. The van der Waals surface area contributed by atoms with Crippen molar-refractivity contribution in [2.75, 3.05) is 0 Å². The summed E-state index contributed by atoms with van der Waals surface area (Å²) in [6, 6.07) is 0. The van der Waals surface area contributed by atoms with Crippen LogP contribution >= 0.6 is 0 Å². The highest BCUT2D eigenvalue weighted by atomic mass is 16.1. The number of carbonyl (C=O) groups excluding carboxylic acids is 1. The number of allylic oxidation sites excluding steroid dienone is 10. The maximum atomic E-state index is 12.1. The molecule has 0 aliphatic carbocycles. The second-order valence-corrected chi connectivity index (χ2v) is 5.39. The maximum absolute atomic E-state index is 12.1. The van der Waals surface area contributed by atoms with Crippen LogP contribution in [-0.4, -0.2) is 5.78 Å². The van der Waals surface area contributed by atoms with Crippen molar-refractivity contribution in [3.05, 3.63) is 58.7 Å². The second-order valence-electron chi connectivity index (χ2n) is 5.39. The van der Waals surface area contributed by atoms with Crippen LogP contribution in [0.15, 0.2) is 58.7 Å². The quantitative estimate of drug-likeness (QED) is 0.357. The third-order valence-electron chi connectivity index (χ3n) is 2.34. The van der Waals surface area contributed by atoms with Gasteiger partial charge in [-0.15, -0.1) is 0 Å². The minimum Gasteiger partial charge on any atom is -0.290 e. The molecule has 0 fully saturated rings. The van der Waals surface area contributed by atoms with Crippen LogP contribution in [-0.2, 0) is 4.79 Å². The molecule has 0 radical (unpaired) electrons. The van der Waals surface area contributed by atoms with E-state index in [9.17, 15) is 4.79 Å². The van der Waals surface area contributed by atoms with Crippen molar-refractivity contribution in [2.24, 2.45) is 0 Å². The van der Waals surface area contributed by atoms with Gasteiger partial charge in [0.1, 0.15) is 0 Å². The topological polar surface area (TPSA) is 17.1 Å². The summed E-state index contributed by atoms with van der Waals surface area (Å²) in [5.41, 5.74) is 4.42. The van der Waals surface area contributed by atoms with E-state index in [0.29, 0.717) is 6.42 Å². The first-order chi connectivity index (χ1) is 8.82. The van der Waals surface area contributed by atoms with Gasteiger partial charge in [-0.1, -0.05) is 47.1 Å². The third-order valence-corrected chi connectivity index (χ3v) is 2.34. The van der Waals surface area contributed by atoms with Crippen LogP contribution in [0.25, 0.3) is 0 Å². The normalized spacial score (nSPS) is 11.2. The van der Waals surface area contributed by atoms with Crippen molar-refractivity contribution >= 4 is 5.78 Å². The molecule has 0 spiro atoms. The van der Waals surface area contributed by atoms with Gasteiger partial charge in [0, 0.05) is 5.57 Å². The molecular weight excluding hydrogens is 232 g/mol. The molecule has 1 heteroatoms. The molecule has 0 aromatic heterocycles. The van der Waals surface area contributed by atoms with E-state index in [1.807, 2.05) is 65.8 Å². The Hall–Kier alpha value is -1.63. The second kappa shape index (κ2) is 9.32. The van der Waals surface area contributed by atoms with Crippen molar-refractivity contribution in [1.82, 2.24) is 0 Å². The molecule has 0 rings (SSSR count).